The van der Waals surface area contributed by atoms with E-state index in [0.717, 1.165) is 12.8 Å². The number of fused-ring (bicyclic) bond motifs is 1. The molecule has 1 saturated heterocycles. The number of nitrogens with zero attached hydrogens (tertiary/aromatic N) is 2. The van der Waals surface area contributed by atoms with E-state index >= 15 is 0 Å². The molecule has 34 heavy (non-hydrogen) atoms. The van der Waals surface area contributed by atoms with Gasteiger partial charge in [0, 0.05) is 30.9 Å². The minimum Gasteiger partial charge on any atom is -0.490 e. The summed E-state index contributed by atoms with van der Waals surface area (Å²) in [6.07, 6.45) is 3.36. The van der Waals surface area contributed by atoms with E-state index < -0.39 is 15.4 Å². The Hall–Kier alpha value is -3.17. The summed E-state index contributed by atoms with van der Waals surface area (Å²) in [6.45, 7) is 9.00. The summed E-state index contributed by atoms with van der Waals surface area (Å²) in [5, 5.41) is 2.82. The van der Waals surface area contributed by atoms with Crippen molar-refractivity contribution in [1.82, 2.24) is 4.31 Å². The van der Waals surface area contributed by atoms with Gasteiger partial charge in [0.2, 0.25) is 15.9 Å². The number of anilines is 2. The van der Waals surface area contributed by atoms with Crippen LogP contribution in [0.2, 0.25) is 0 Å². The van der Waals surface area contributed by atoms with Crippen LogP contribution in [0, 0.1) is 5.41 Å². The van der Waals surface area contributed by atoms with Crippen molar-refractivity contribution in [3.63, 3.8) is 0 Å². The minimum absolute atomic E-state index is 0.0931. The Morgan fingerprint density at radius 3 is 2.47 bits per heavy atom. The number of ether oxygens (including phenoxy) is 1. The van der Waals surface area contributed by atoms with Crippen molar-refractivity contribution in [3.8, 4) is 5.75 Å². The molecule has 2 aliphatic heterocycles. The summed E-state index contributed by atoms with van der Waals surface area (Å²) >= 11 is 0. The van der Waals surface area contributed by atoms with Crippen LogP contribution >= 0.6 is 0 Å². The normalized spacial score (nSPS) is 18.1. The zero-order chi connectivity index (χ0) is 24.5. The molecule has 2 aromatic carbocycles. The first-order valence-electron chi connectivity index (χ1n) is 11.2. The summed E-state index contributed by atoms with van der Waals surface area (Å²) in [6, 6.07) is 11.0. The number of nitrogens with one attached hydrogen (secondary N) is 1. The number of carbonyl (C=O) groups excluding carboxylic acids is 2. The summed E-state index contributed by atoms with van der Waals surface area (Å²) in [5.74, 6) is 0.0706. The van der Waals surface area contributed by atoms with Crippen LogP contribution in [0.25, 0.3) is 0 Å². The van der Waals surface area contributed by atoms with Crippen LogP contribution in [0.15, 0.2) is 60.0 Å². The summed E-state index contributed by atoms with van der Waals surface area (Å²) in [4.78, 5) is 27.7. The van der Waals surface area contributed by atoms with Gasteiger partial charge in [0.1, 0.15) is 12.4 Å². The van der Waals surface area contributed by atoms with Crippen LogP contribution in [0.4, 0.5) is 11.4 Å². The van der Waals surface area contributed by atoms with Gasteiger partial charge in [-0.3, -0.25) is 9.59 Å². The fourth-order valence-electron chi connectivity index (χ4n) is 4.09. The molecule has 2 aliphatic rings. The van der Waals surface area contributed by atoms with Crippen molar-refractivity contribution in [3.05, 3.63) is 60.7 Å². The molecule has 0 aromatic heterocycles. The first-order chi connectivity index (χ1) is 16.1. The van der Waals surface area contributed by atoms with Crippen LogP contribution < -0.4 is 15.0 Å². The molecule has 0 aliphatic carbocycles. The van der Waals surface area contributed by atoms with Gasteiger partial charge in [-0.2, -0.15) is 4.31 Å². The monoisotopic (exact) mass is 483 g/mol. The van der Waals surface area contributed by atoms with E-state index in [-0.39, 0.29) is 23.3 Å². The standard InChI is InChI=1S/C25H29N3O5S/c1-4-13-28-21-16-19(9-12-22(21)33-17-25(2,3)24(28)30)26-23(29)18-7-10-20(11-8-18)34(31,32)27-14-5-6-15-27/h4,7-12,16H,1,5-6,13-15,17H2,2-3H3,(H,26,29). The van der Waals surface area contributed by atoms with Crippen molar-refractivity contribution < 1.29 is 22.7 Å². The third kappa shape index (κ3) is 4.58. The summed E-state index contributed by atoms with van der Waals surface area (Å²) in [7, 11) is -3.54. The van der Waals surface area contributed by atoms with Crippen molar-refractivity contribution >= 4 is 33.2 Å². The van der Waals surface area contributed by atoms with Gasteiger partial charge in [0.25, 0.3) is 5.91 Å². The molecule has 0 saturated carbocycles. The fourth-order valence-corrected chi connectivity index (χ4v) is 5.61. The Bertz CT molecular complexity index is 1220. The molecule has 2 amide bonds. The van der Waals surface area contributed by atoms with E-state index in [2.05, 4.69) is 11.9 Å². The second-order valence-electron chi connectivity index (χ2n) is 9.15. The second-order valence-corrected chi connectivity index (χ2v) is 11.1. The van der Waals surface area contributed by atoms with Crippen LogP contribution in [-0.4, -0.2) is 50.8 Å². The minimum atomic E-state index is -3.54. The molecular weight excluding hydrogens is 454 g/mol. The molecule has 2 aromatic rings. The highest BCUT2D eigenvalue weighted by Gasteiger charge is 2.37. The van der Waals surface area contributed by atoms with Gasteiger partial charge in [0.15, 0.2) is 0 Å². The molecule has 0 atom stereocenters. The van der Waals surface area contributed by atoms with Gasteiger partial charge < -0.3 is 15.0 Å². The van der Waals surface area contributed by atoms with Crippen molar-refractivity contribution in [2.45, 2.75) is 31.6 Å². The third-order valence-electron chi connectivity index (χ3n) is 6.05. The number of carbonyl (C=O) groups is 2. The highest BCUT2D eigenvalue weighted by molar-refractivity contribution is 7.89. The van der Waals surface area contributed by atoms with Crippen LogP contribution in [-0.2, 0) is 14.8 Å². The lowest BCUT2D eigenvalue weighted by molar-refractivity contribution is -0.127. The lowest BCUT2D eigenvalue weighted by Gasteiger charge is -2.27. The molecule has 1 fully saturated rings. The maximum Gasteiger partial charge on any atom is 0.255 e. The fraction of sp³-hybridized carbons (Fsp3) is 0.360. The molecule has 0 radical (unpaired) electrons. The van der Waals surface area contributed by atoms with Gasteiger partial charge in [0.05, 0.1) is 16.0 Å². The Kier molecular flexibility index (Phi) is 6.51. The Morgan fingerprint density at radius 1 is 1.15 bits per heavy atom. The van der Waals surface area contributed by atoms with Crippen LogP contribution in [0.3, 0.4) is 0 Å². The van der Waals surface area contributed by atoms with Gasteiger partial charge in [-0.1, -0.05) is 6.08 Å². The average Bonchev–Trinajstić information content (AvgIpc) is 3.35. The Labute approximate surface area is 200 Å². The summed E-state index contributed by atoms with van der Waals surface area (Å²) in [5.41, 5.74) is 0.664. The molecule has 4 rings (SSSR count). The number of hydrogen-bond acceptors (Lipinski definition) is 5. The van der Waals surface area contributed by atoms with Crippen molar-refractivity contribution in [2.75, 3.05) is 36.5 Å². The van der Waals surface area contributed by atoms with Crippen molar-refractivity contribution in [1.29, 1.82) is 0 Å². The highest BCUT2D eigenvalue weighted by Crippen LogP contribution is 2.38. The van der Waals surface area contributed by atoms with Gasteiger partial charge in [-0.15, -0.1) is 6.58 Å². The number of benzene rings is 2. The first kappa shape index (κ1) is 24.0. The topological polar surface area (TPSA) is 96.0 Å². The number of amides is 2. The van der Waals surface area contributed by atoms with Crippen molar-refractivity contribution in [2.24, 2.45) is 5.41 Å². The highest BCUT2D eigenvalue weighted by atomic mass is 32.2. The number of hydrogen-bond donors (Lipinski definition) is 1. The number of rotatable bonds is 6. The smallest absolute Gasteiger partial charge is 0.255 e. The van der Waals surface area contributed by atoms with E-state index in [1.54, 1.807) is 29.2 Å². The molecule has 9 heteroatoms. The molecule has 2 heterocycles. The molecule has 180 valence electrons. The largest absolute Gasteiger partial charge is 0.490 e. The second kappa shape index (κ2) is 9.23. The number of sulfonamides is 1. The molecular formula is C25H29N3O5S. The quantitative estimate of drug-likeness (QED) is 0.633. The lowest BCUT2D eigenvalue weighted by atomic mass is 9.93. The van der Waals surface area contributed by atoms with Crippen LogP contribution in [0.5, 0.6) is 5.75 Å². The van der Waals surface area contributed by atoms with Crippen LogP contribution in [0.1, 0.15) is 37.0 Å². The molecule has 8 nitrogen and oxygen atoms in total. The predicted octanol–water partition coefficient (Wildman–Crippen LogP) is 3.66. The van der Waals surface area contributed by atoms with Gasteiger partial charge in [-0.25, -0.2) is 8.42 Å². The first-order valence-corrected chi connectivity index (χ1v) is 12.7. The Morgan fingerprint density at radius 2 is 1.82 bits per heavy atom. The maximum atomic E-state index is 13.0. The van der Waals surface area contributed by atoms with E-state index in [1.807, 2.05) is 13.8 Å². The van der Waals surface area contributed by atoms with Gasteiger partial charge >= 0.3 is 0 Å². The predicted molar refractivity (Wildman–Crippen MR) is 131 cm³/mol. The molecule has 0 bridgehead atoms. The van der Waals surface area contributed by atoms with Gasteiger partial charge in [-0.05, 0) is 69.2 Å². The lowest BCUT2D eigenvalue weighted by Crippen LogP contribution is -2.42. The zero-order valence-corrected chi connectivity index (χ0v) is 20.2. The van der Waals surface area contributed by atoms with E-state index in [9.17, 15) is 18.0 Å². The van der Waals surface area contributed by atoms with E-state index in [4.69, 9.17) is 4.74 Å². The summed E-state index contributed by atoms with van der Waals surface area (Å²) < 4.78 is 32.7. The molecule has 1 N–H and O–H groups in total. The SMILES string of the molecule is C=CCN1C(=O)C(C)(C)COc2ccc(NC(=O)c3ccc(S(=O)(=O)N4CCCC4)cc3)cc21. The zero-order valence-electron chi connectivity index (χ0n) is 19.4. The average molecular weight is 484 g/mol. The Balaban J connectivity index is 1.55. The third-order valence-corrected chi connectivity index (χ3v) is 7.96. The van der Waals surface area contributed by atoms with E-state index in [0.29, 0.717) is 42.3 Å². The maximum absolute atomic E-state index is 13.0. The van der Waals surface area contributed by atoms with E-state index in [1.165, 1.54) is 28.6 Å². The molecule has 0 unspecified atom stereocenters. The molecule has 0 spiro atoms.